The van der Waals surface area contributed by atoms with Gasteiger partial charge in [-0.2, -0.15) is 11.8 Å². The van der Waals surface area contributed by atoms with E-state index in [1.165, 1.54) is 0 Å². The summed E-state index contributed by atoms with van der Waals surface area (Å²) in [5, 5.41) is 6.57. The standard InChI is InChI=1S/C12H21N3O2S/c1-8(2)10-4-12(17-15-10)14-11(16)7-18-6-9(3)5-13/h4,8-9H,5-7,13H2,1-3H3,(H,14,16). The van der Waals surface area contributed by atoms with Crippen LogP contribution in [0.25, 0.3) is 0 Å². The lowest BCUT2D eigenvalue weighted by molar-refractivity contribution is -0.113. The van der Waals surface area contributed by atoms with E-state index in [0.717, 1.165) is 11.4 Å². The van der Waals surface area contributed by atoms with Gasteiger partial charge in [0.1, 0.15) is 0 Å². The highest BCUT2D eigenvalue weighted by atomic mass is 32.2. The van der Waals surface area contributed by atoms with Crippen molar-refractivity contribution in [3.05, 3.63) is 11.8 Å². The van der Waals surface area contributed by atoms with Crippen LogP contribution in [0.4, 0.5) is 5.88 Å². The average molecular weight is 271 g/mol. The van der Waals surface area contributed by atoms with Crippen LogP contribution < -0.4 is 11.1 Å². The van der Waals surface area contributed by atoms with E-state index in [-0.39, 0.29) is 5.91 Å². The van der Waals surface area contributed by atoms with Crippen LogP contribution in [0.3, 0.4) is 0 Å². The maximum atomic E-state index is 11.6. The van der Waals surface area contributed by atoms with Gasteiger partial charge in [-0.1, -0.05) is 25.9 Å². The topological polar surface area (TPSA) is 81.2 Å². The van der Waals surface area contributed by atoms with E-state index in [4.69, 9.17) is 10.3 Å². The fourth-order valence-electron chi connectivity index (χ4n) is 1.21. The maximum absolute atomic E-state index is 11.6. The molecule has 1 aromatic rings. The Hall–Kier alpha value is -1.01. The number of aromatic nitrogens is 1. The first kappa shape index (κ1) is 15.0. The minimum atomic E-state index is -0.0734. The first-order valence-electron chi connectivity index (χ1n) is 6.07. The number of hydrogen-bond donors (Lipinski definition) is 2. The number of nitrogens with two attached hydrogens (primary N) is 1. The molecular formula is C12H21N3O2S. The Kier molecular flexibility index (Phi) is 6.21. The lowest BCUT2D eigenvalue weighted by atomic mass is 10.1. The largest absolute Gasteiger partial charge is 0.338 e. The number of anilines is 1. The third kappa shape index (κ3) is 5.10. The minimum Gasteiger partial charge on any atom is -0.338 e. The zero-order valence-electron chi connectivity index (χ0n) is 11.1. The highest BCUT2D eigenvalue weighted by Crippen LogP contribution is 2.17. The fraction of sp³-hybridized carbons (Fsp3) is 0.667. The second-order valence-corrected chi connectivity index (χ2v) is 5.71. The van der Waals surface area contributed by atoms with Crippen LogP contribution in [0.2, 0.25) is 0 Å². The van der Waals surface area contributed by atoms with E-state index in [1.54, 1.807) is 17.8 Å². The summed E-state index contributed by atoms with van der Waals surface area (Å²) in [6.07, 6.45) is 0. The Morgan fingerprint density at radius 2 is 2.28 bits per heavy atom. The Balaban J connectivity index is 2.31. The molecule has 6 heteroatoms. The number of carbonyl (C=O) groups is 1. The SMILES string of the molecule is CC(CN)CSCC(=O)Nc1cc(C(C)C)no1. The first-order chi connectivity index (χ1) is 8.52. The monoisotopic (exact) mass is 271 g/mol. The molecule has 1 unspecified atom stereocenters. The summed E-state index contributed by atoms with van der Waals surface area (Å²) in [7, 11) is 0. The zero-order valence-corrected chi connectivity index (χ0v) is 11.9. The van der Waals surface area contributed by atoms with Gasteiger partial charge < -0.3 is 10.3 Å². The number of nitrogens with zero attached hydrogens (tertiary/aromatic N) is 1. The molecule has 102 valence electrons. The van der Waals surface area contributed by atoms with Gasteiger partial charge in [-0.15, -0.1) is 0 Å². The Morgan fingerprint density at radius 1 is 1.56 bits per heavy atom. The van der Waals surface area contributed by atoms with Crippen LogP contribution >= 0.6 is 11.8 Å². The summed E-state index contributed by atoms with van der Waals surface area (Å²) in [6, 6.07) is 1.76. The quantitative estimate of drug-likeness (QED) is 0.793. The molecule has 0 aromatic carbocycles. The van der Waals surface area contributed by atoms with Crippen molar-refractivity contribution in [2.24, 2.45) is 11.7 Å². The third-order valence-corrected chi connectivity index (χ3v) is 3.69. The first-order valence-corrected chi connectivity index (χ1v) is 7.22. The van der Waals surface area contributed by atoms with E-state index >= 15 is 0 Å². The Bertz CT molecular complexity index is 379. The average Bonchev–Trinajstić information content (AvgIpc) is 2.77. The molecule has 0 saturated carbocycles. The summed E-state index contributed by atoms with van der Waals surface area (Å²) >= 11 is 1.57. The zero-order chi connectivity index (χ0) is 13.5. The number of rotatable bonds is 7. The smallest absolute Gasteiger partial charge is 0.236 e. The van der Waals surface area contributed by atoms with Gasteiger partial charge in [0.15, 0.2) is 0 Å². The number of nitrogens with one attached hydrogen (secondary N) is 1. The van der Waals surface area contributed by atoms with Gasteiger partial charge in [0, 0.05) is 6.07 Å². The molecule has 5 nitrogen and oxygen atoms in total. The van der Waals surface area contributed by atoms with Gasteiger partial charge in [0.2, 0.25) is 11.8 Å². The second kappa shape index (κ2) is 7.43. The van der Waals surface area contributed by atoms with Crippen molar-refractivity contribution in [2.45, 2.75) is 26.7 Å². The molecule has 0 aliphatic rings. The van der Waals surface area contributed by atoms with Crippen LogP contribution in [-0.4, -0.2) is 29.1 Å². The summed E-state index contributed by atoms with van der Waals surface area (Å²) in [5.41, 5.74) is 6.35. The van der Waals surface area contributed by atoms with Crippen molar-refractivity contribution in [1.82, 2.24) is 5.16 Å². The van der Waals surface area contributed by atoms with E-state index in [0.29, 0.717) is 30.0 Å². The summed E-state index contributed by atoms with van der Waals surface area (Å²) in [5.74, 6) is 2.35. The molecular weight excluding hydrogens is 250 g/mol. The Labute approximate surface area is 112 Å². The molecule has 1 atom stereocenters. The van der Waals surface area contributed by atoms with Crippen LogP contribution in [0.5, 0.6) is 0 Å². The molecule has 0 aliphatic heterocycles. The van der Waals surface area contributed by atoms with Crippen LogP contribution in [0, 0.1) is 5.92 Å². The normalized spacial score (nSPS) is 12.7. The molecule has 3 N–H and O–H groups in total. The summed E-state index contributed by atoms with van der Waals surface area (Å²) < 4.78 is 5.03. The van der Waals surface area contributed by atoms with E-state index < -0.39 is 0 Å². The van der Waals surface area contributed by atoms with Crippen molar-refractivity contribution in [3.63, 3.8) is 0 Å². The number of thioether (sulfide) groups is 1. The number of hydrogen-bond acceptors (Lipinski definition) is 5. The molecule has 1 amide bonds. The van der Waals surface area contributed by atoms with E-state index in [2.05, 4.69) is 17.4 Å². The van der Waals surface area contributed by atoms with Gasteiger partial charge >= 0.3 is 0 Å². The molecule has 0 bridgehead atoms. The van der Waals surface area contributed by atoms with Gasteiger partial charge in [-0.3, -0.25) is 10.1 Å². The van der Waals surface area contributed by atoms with Crippen molar-refractivity contribution >= 4 is 23.6 Å². The van der Waals surface area contributed by atoms with Gasteiger partial charge in [0.05, 0.1) is 11.4 Å². The van der Waals surface area contributed by atoms with E-state index in [9.17, 15) is 4.79 Å². The molecule has 0 radical (unpaired) electrons. The number of carbonyl (C=O) groups excluding carboxylic acids is 1. The lowest BCUT2D eigenvalue weighted by Gasteiger charge is -2.06. The van der Waals surface area contributed by atoms with Crippen LogP contribution in [-0.2, 0) is 4.79 Å². The third-order valence-electron chi connectivity index (χ3n) is 2.42. The Morgan fingerprint density at radius 3 is 2.83 bits per heavy atom. The predicted octanol–water partition coefficient (Wildman–Crippen LogP) is 2.06. The van der Waals surface area contributed by atoms with Crippen LogP contribution in [0.1, 0.15) is 32.4 Å². The molecule has 0 saturated heterocycles. The molecule has 1 rings (SSSR count). The molecule has 0 fully saturated rings. The van der Waals surface area contributed by atoms with Gasteiger partial charge in [-0.25, -0.2) is 0 Å². The summed E-state index contributed by atoms with van der Waals surface area (Å²) in [4.78, 5) is 11.6. The van der Waals surface area contributed by atoms with Crippen molar-refractivity contribution in [2.75, 3.05) is 23.4 Å². The van der Waals surface area contributed by atoms with Gasteiger partial charge in [-0.05, 0) is 24.1 Å². The molecule has 1 heterocycles. The van der Waals surface area contributed by atoms with Crippen LogP contribution in [0.15, 0.2) is 10.6 Å². The lowest BCUT2D eigenvalue weighted by Crippen LogP contribution is -2.17. The summed E-state index contributed by atoms with van der Waals surface area (Å²) in [6.45, 7) is 6.76. The predicted molar refractivity (Wildman–Crippen MR) is 74.8 cm³/mol. The van der Waals surface area contributed by atoms with Crippen molar-refractivity contribution in [1.29, 1.82) is 0 Å². The maximum Gasteiger partial charge on any atom is 0.236 e. The minimum absolute atomic E-state index is 0.0734. The van der Waals surface area contributed by atoms with Gasteiger partial charge in [0.25, 0.3) is 0 Å². The van der Waals surface area contributed by atoms with Crippen molar-refractivity contribution < 1.29 is 9.32 Å². The number of amides is 1. The van der Waals surface area contributed by atoms with Crippen molar-refractivity contribution in [3.8, 4) is 0 Å². The molecule has 18 heavy (non-hydrogen) atoms. The highest BCUT2D eigenvalue weighted by Gasteiger charge is 2.10. The highest BCUT2D eigenvalue weighted by molar-refractivity contribution is 7.99. The molecule has 1 aromatic heterocycles. The van der Waals surface area contributed by atoms with E-state index in [1.807, 2.05) is 13.8 Å². The molecule has 0 aliphatic carbocycles. The fourth-order valence-corrected chi connectivity index (χ4v) is 2.13. The second-order valence-electron chi connectivity index (χ2n) is 4.67. The molecule has 0 spiro atoms.